The van der Waals surface area contributed by atoms with Crippen molar-refractivity contribution in [3.05, 3.63) is 53.6 Å². The van der Waals surface area contributed by atoms with E-state index in [1.165, 1.54) is 0 Å². The Morgan fingerprint density at radius 2 is 1.76 bits per heavy atom. The lowest BCUT2D eigenvalue weighted by molar-refractivity contribution is 0.0816. The molecule has 2 aromatic rings. The summed E-state index contributed by atoms with van der Waals surface area (Å²) in [4.78, 5) is 29.5. The number of urea groups is 1. The van der Waals surface area contributed by atoms with Crippen molar-refractivity contribution in [1.82, 2.24) is 10.2 Å². The second-order valence-electron chi connectivity index (χ2n) is 7.88. The van der Waals surface area contributed by atoms with Gasteiger partial charge in [-0.15, -0.1) is 0 Å². The molecule has 0 spiro atoms. The lowest BCUT2D eigenvalue weighted by Gasteiger charge is -2.43. The molecule has 2 aromatic carbocycles. The minimum Gasteiger partial charge on any atom is -0.493 e. The molecular weight excluding hydrogens is 422 g/mol. The van der Waals surface area contributed by atoms with Crippen LogP contribution in [-0.4, -0.2) is 50.4 Å². The number of hydrogen-bond acceptors (Lipinski definition) is 5. The van der Waals surface area contributed by atoms with Crippen molar-refractivity contribution in [3.63, 3.8) is 0 Å². The molecule has 1 N–H and O–H groups in total. The van der Waals surface area contributed by atoms with Gasteiger partial charge in [0.15, 0.2) is 11.5 Å². The molecular formula is C25H33N3O5. The predicted molar refractivity (Wildman–Crippen MR) is 127 cm³/mol. The molecule has 0 fully saturated rings. The summed E-state index contributed by atoms with van der Waals surface area (Å²) >= 11 is 0. The molecule has 8 heteroatoms. The first-order chi connectivity index (χ1) is 15.9. The summed E-state index contributed by atoms with van der Waals surface area (Å²) in [6, 6.07) is 12.8. The number of carbonyl (C=O) groups is 2. The first-order valence-corrected chi connectivity index (χ1v) is 11.2. The van der Waals surface area contributed by atoms with Crippen LogP contribution in [0.4, 0.5) is 15.3 Å². The molecule has 1 aliphatic heterocycles. The van der Waals surface area contributed by atoms with Gasteiger partial charge in [0.2, 0.25) is 0 Å². The molecule has 2 atom stereocenters. The van der Waals surface area contributed by atoms with Gasteiger partial charge >= 0.3 is 12.1 Å². The van der Waals surface area contributed by atoms with E-state index in [1.54, 1.807) is 37.0 Å². The Morgan fingerprint density at radius 1 is 1.09 bits per heavy atom. The fraction of sp³-hybridized carbons (Fsp3) is 0.440. The molecule has 0 unspecified atom stereocenters. The van der Waals surface area contributed by atoms with Crippen LogP contribution >= 0.6 is 0 Å². The minimum absolute atomic E-state index is 0.167. The van der Waals surface area contributed by atoms with Gasteiger partial charge < -0.3 is 19.5 Å². The zero-order valence-corrected chi connectivity index (χ0v) is 20.0. The summed E-state index contributed by atoms with van der Waals surface area (Å²) < 4.78 is 16.5. The van der Waals surface area contributed by atoms with E-state index in [-0.39, 0.29) is 24.7 Å². The average molecular weight is 456 g/mol. The highest BCUT2D eigenvalue weighted by atomic mass is 16.6. The van der Waals surface area contributed by atoms with Gasteiger partial charge in [0.1, 0.15) is 0 Å². The fourth-order valence-corrected chi connectivity index (χ4v) is 4.28. The number of carbonyl (C=O) groups excluding carboxylic acids is 2. The van der Waals surface area contributed by atoms with Crippen molar-refractivity contribution in [3.8, 4) is 11.5 Å². The molecule has 0 aliphatic carbocycles. The molecule has 0 saturated carbocycles. The van der Waals surface area contributed by atoms with Crippen LogP contribution in [0.5, 0.6) is 11.5 Å². The van der Waals surface area contributed by atoms with Crippen LogP contribution in [0.3, 0.4) is 0 Å². The Hall–Kier alpha value is -3.42. The molecule has 178 valence electrons. The summed E-state index contributed by atoms with van der Waals surface area (Å²) in [6.07, 6.45) is 0.149. The van der Waals surface area contributed by atoms with E-state index in [4.69, 9.17) is 14.2 Å². The SMILES string of the molecule is CCNC(=O)N1c2cc(OC)c(OC)cc2[C@@H](N(Cc2ccccc2)C(=O)OCC)C[C@H]1C. The van der Waals surface area contributed by atoms with E-state index in [0.29, 0.717) is 36.7 Å². The first kappa shape index (κ1) is 24.2. The highest BCUT2D eigenvalue weighted by molar-refractivity contribution is 5.95. The number of nitrogens with zero attached hydrogens (tertiary/aromatic N) is 2. The molecule has 0 radical (unpaired) electrons. The highest BCUT2D eigenvalue weighted by Crippen LogP contribution is 2.46. The Labute approximate surface area is 195 Å². The van der Waals surface area contributed by atoms with Crippen molar-refractivity contribution in [2.75, 3.05) is 32.3 Å². The normalized spacial score (nSPS) is 17.1. The highest BCUT2D eigenvalue weighted by Gasteiger charge is 2.39. The van der Waals surface area contributed by atoms with Crippen LogP contribution in [0.25, 0.3) is 0 Å². The zero-order chi connectivity index (χ0) is 24.0. The van der Waals surface area contributed by atoms with Crippen molar-refractivity contribution >= 4 is 17.8 Å². The molecule has 3 amide bonds. The number of fused-ring (bicyclic) bond motifs is 1. The average Bonchev–Trinajstić information content (AvgIpc) is 2.82. The number of nitrogens with one attached hydrogen (secondary N) is 1. The van der Waals surface area contributed by atoms with E-state index in [1.807, 2.05) is 50.2 Å². The molecule has 3 rings (SSSR count). The van der Waals surface area contributed by atoms with Gasteiger partial charge in [-0.2, -0.15) is 0 Å². The van der Waals surface area contributed by atoms with Gasteiger partial charge in [0.05, 0.1) is 32.6 Å². The van der Waals surface area contributed by atoms with E-state index in [0.717, 1.165) is 11.1 Å². The third-order valence-electron chi connectivity index (χ3n) is 5.78. The van der Waals surface area contributed by atoms with Crippen LogP contribution < -0.4 is 19.7 Å². The number of hydrogen-bond donors (Lipinski definition) is 1. The van der Waals surface area contributed by atoms with E-state index >= 15 is 0 Å². The number of rotatable bonds is 7. The zero-order valence-electron chi connectivity index (χ0n) is 20.0. The number of amides is 3. The van der Waals surface area contributed by atoms with Gasteiger partial charge in [0, 0.05) is 30.8 Å². The van der Waals surface area contributed by atoms with Crippen LogP contribution in [0.2, 0.25) is 0 Å². The summed E-state index contributed by atoms with van der Waals surface area (Å²) in [5.74, 6) is 1.05. The van der Waals surface area contributed by atoms with Gasteiger partial charge in [-0.3, -0.25) is 9.80 Å². The molecule has 1 aliphatic rings. The molecule has 0 saturated heterocycles. The predicted octanol–water partition coefficient (Wildman–Crippen LogP) is 4.73. The molecule has 0 aromatic heterocycles. The van der Waals surface area contributed by atoms with E-state index in [9.17, 15) is 9.59 Å². The van der Waals surface area contributed by atoms with Gasteiger partial charge in [-0.05, 0) is 38.8 Å². The smallest absolute Gasteiger partial charge is 0.410 e. The second-order valence-corrected chi connectivity index (χ2v) is 7.88. The summed E-state index contributed by atoms with van der Waals surface area (Å²) in [5, 5.41) is 2.89. The Morgan fingerprint density at radius 3 is 2.36 bits per heavy atom. The van der Waals surface area contributed by atoms with Crippen LogP contribution in [0, 0.1) is 0 Å². The Kier molecular flexibility index (Phi) is 8.03. The van der Waals surface area contributed by atoms with Crippen molar-refractivity contribution in [2.45, 2.75) is 45.8 Å². The van der Waals surface area contributed by atoms with E-state index in [2.05, 4.69) is 5.32 Å². The maximum Gasteiger partial charge on any atom is 0.410 e. The summed E-state index contributed by atoms with van der Waals surface area (Å²) in [7, 11) is 3.13. The largest absolute Gasteiger partial charge is 0.493 e. The minimum atomic E-state index is -0.397. The summed E-state index contributed by atoms with van der Waals surface area (Å²) in [5.41, 5.74) is 2.48. The number of benzene rings is 2. The number of methoxy groups -OCH3 is 2. The standard InChI is InChI=1S/C25H33N3O5/c1-6-26-24(29)28-17(3)13-20(19-14-22(31-4)23(32-5)15-21(19)28)27(25(30)33-7-2)16-18-11-9-8-10-12-18/h8-12,14-15,17,20H,6-7,13,16H2,1-5H3,(H,26,29)/t17-,20+/m1/s1. The monoisotopic (exact) mass is 455 g/mol. The Bertz CT molecular complexity index is 966. The molecule has 8 nitrogen and oxygen atoms in total. The van der Waals surface area contributed by atoms with Crippen LogP contribution in [-0.2, 0) is 11.3 Å². The van der Waals surface area contributed by atoms with Crippen molar-refractivity contribution in [1.29, 1.82) is 0 Å². The second kappa shape index (κ2) is 10.9. The van der Waals surface area contributed by atoms with Crippen LogP contribution in [0.15, 0.2) is 42.5 Å². The van der Waals surface area contributed by atoms with Crippen molar-refractivity contribution in [2.24, 2.45) is 0 Å². The lowest BCUT2D eigenvalue weighted by atomic mass is 9.90. The quantitative estimate of drug-likeness (QED) is 0.653. The molecule has 33 heavy (non-hydrogen) atoms. The topological polar surface area (TPSA) is 80.3 Å². The lowest BCUT2D eigenvalue weighted by Crippen LogP contribution is -2.51. The number of ether oxygens (including phenoxy) is 3. The van der Waals surface area contributed by atoms with Crippen molar-refractivity contribution < 1.29 is 23.8 Å². The third-order valence-corrected chi connectivity index (χ3v) is 5.78. The maximum atomic E-state index is 13.1. The number of anilines is 1. The maximum absolute atomic E-state index is 13.1. The fourth-order valence-electron chi connectivity index (χ4n) is 4.28. The summed E-state index contributed by atoms with van der Waals surface area (Å²) in [6.45, 7) is 6.82. The third kappa shape index (κ3) is 5.16. The van der Waals surface area contributed by atoms with Gasteiger partial charge in [-0.1, -0.05) is 30.3 Å². The Balaban J connectivity index is 2.14. The molecule has 0 bridgehead atoms. The van der Waals surface area contributed by atoms with Gasteiger partial charge in [-0.25, -0.2) is 9.59 Å². The van der Waals surface area contributed by atoms with Gasteiger partial charge in [0.25, 0.3) is 0 Å². The van der Waals surface area contributed by atoms with E-state index < -0.39 is 6.09 Å². The van der Waals surface area contributed by atoms with Crippen LogP contribution in [0.1, 0.15) is 44.4 Å². The first-order valence-electron chi connectivity index (χ1n) is 11.2. The molecule has 1 heterocycles.